The molecule has 0 aliphatic carbocycles. The zero-order chi connectivity index (χ0) is 22.2. The number of rotatable bonds is 4. The quantitative estimate of drug-likeness (QED) is 0.548. The average Bonchev–Trinajstić information content (AvgIpc) is 3.15. The van der Waals surface area contributed by atoms with Gasteiger partial charge in [-0.2, -0.15) is 9.78 Å². The molecule has 3 aromatic heterocycles. The fraction of sp³-hybridized carbons (Fsp3) is 0.227. The van der Waals surface area contributed by atoms with E-state index in [1.807, 2.05) is 26.8 Å². The number of pyridine rings is 1. The molecule has 1 N–H and O–H groups in total. The van der Waals surface area contributed by atoms with E-state index in [9.17, 15) is 14.0 Å². The van der Waals surface area contributed by atoms with E-state index in [1.54, 1.807) is 29.1 Å². The van der Waals surface area contributed by atoms with E-state index in [1.165, 1.54) is 18.5 Å². The number of anilines is 1. The Hall–Kier alpha value is -3.88. The Morgan fingerprint density at radius 1 is 1.13 bits per heavy atom. The third-order valence-electron chi connectivity index (χ3n) is 4.71. The van der Waals surface area contributed by atoms with E-state index in [0.717, 1.165) is 16.3 Å². The molecule has 3 heterocycles. The first-order chi connectivity index (χ1) is 14.7. The van der Waals surface area contributed by atoms with Crippen LogP contribution in [0.1, 0.15) is 26.5 Å². The van der Waals surface area contributed by atoms with Crippen molar-refractivity contribution in [3.63, 3.8) is 0 Å². The van der Waals surface area contributed by atoms with Crippen LogP contribution in [0.15, 0.2) is 59.8 Å². The van der Waals surface area contributed by atoms with Crippen LogP contribution in [0.3, 0.4) is 0 Å². The van der Waals surface area contributed by atoms with Crippen molar-refractivity contribution in [2.45, 2.75) is 32.7 Å². The van der Waals surface area contributed by atoms with E-state index >= 15 is 0 Å². The van der Waals surface area contributed by atoms with Crippen molar-refractivity contribution in [3.8, 4) is 5.82 Å². The number of carbonyl (C=O) groups excluding carboxylic acids is 1. The fourth-order valence-electron chi connectivity index (χ4n) is 3.07. The lowest BCUT2D eigenvalue weighted by Crippen LogP contribution is -2.28. The standard InChI is InChI=1S/C22H21FN6O2/c1-22(2,3)17-11-19(29(27-17)18-6-4-5-9-24-18)26-20(30)12-28-13-25-16-8-7-14(23)10-15(16)21(28)31/h4-11,13H,12H2,1-3H3,(H,26,30). The molecule has 1 aromatic carbocycles. The minimum absolute atomic E-state index is 0.115. The molecule has 0 spiro atoms. The van der Waals surface area contributed by atoms with Gasteiger partial charge in [0.2, 0.25) is 5.91 Å². The zero-order valence-corrected chi connectivity index (χ0v) is 17.3. The van der Waals surface area contributed by atoms with Gasteiger partial charge in [-0.25, -0.2) is 14.4 Å². The predicted octanol–water partition coefficient (Wildman–Crippen LogP) is 3.05. The third-order valence-corrected chi connectivity index (χ3v) is 4.71. The number of nitrogens with zero attached hydrogens (tertiary/aromatic N) is 5. The molecule has 0 aliphatic heterocycles. The molecule has 0 saturated carbocycles. The van der Waals surface area contributed by atoms with Crippen LogP contribution in [-0.2, 0) is 16.8 Å². The summed E-state index contributed by atoms with van der Waals surface area (Å²) in [5.74, 6) is -0.00505. The minimum atomic E-state index is -0.539. The van der Waals surface area contributed by atoms with Crippen molar-refractivity contribution in [3.05, 3.63) is 76.9 Å². The first-order valence-corrected chi connectivity index (χ1v) is 9.69. The highest BCUT2D eigenvalue weighted by molar-refractivity contribution is 5.90. The third kappa shape index (κ3) is 4.20. The summed E-state index contributed by atoms with van der Waals surface area (Å²) < 4.78 is 16.2. The first kappa shape index (κ1) is 20.4. The summed E-state index contributed by atoms with van der Waals surface area (Å²) in [6.07, 6.45) is 2.91. The highest BCUT2D eigenvalue weighted by atomic mass is 19.1. The maximum Gasteiger partial charge on any atom is 0.261 e. The monoisotopic (exact) mass is 420 g/mol. The number of hydrogen-bond acceptors (Lipinski definition) is 5. The van der Waals surface area contributed by atoms with E-state index in [-0.39, 0.29) is 17.3 Å². The lowest BCUT2D eigenvalue weighted by molar-refractivity contribution is -0.116. The van der Waals surface area contributed by atoms with Gasteiger partial charge >= 0.3 is 0 Å². The smallest absolute Gasteiger partial charge is 0.261 e. The molecule has 4 rings (SSSR count). The Labute approximate surface area is 177 Å². The highest BCUT2D eigenvalue weighted by Gasteiger charge is 2.22. The second kappa shape index (κ2) is 7.75. The lowest BCUT2D eigenvalue weighted by Gasteiger charge is -2.13. The molecular weight excluding hydrogens is 399 g/mol. The number of nitrogens with one attached hydrogen (secondary N) is 1. The summed E-state index contributed by atoms with van der Waals surface area (Å²) in [6, 6.07) is 11.0. The van der Waals surface area contributed by atoms with Crippen molar-refractivity contribution in [1.82, 2.24) is 24.3 Å². The molecule has 0 fully saturated rings. The van der Waals surface area contributed by atoms with Crippen molar-refractivity contribution in [2.75, 3.05) is 5.32 Å². The van der Waals surface area contributed by atoms with Gasteiger partial charge in [-0.3, -0.25) is 14.2 Å². The maximum absolute atomic E-state index is 13.5. The Kier molecular flexibility index (Phi) is 5.10. The summed E-state index contributed by atoms with van der Waals surface area (Å²) in [6.45, 7) is 5.77. The van der Waals surface area contributed by atoms with E-state index in [2.05, 4.69) is 20.4 Å². The van der Waals surface area contributed by atoms with E-state index < -0.39 is 17.3 Å². The topological polar surface area (TPSA) is 94.7 Å². The molecule has 0 aliphatic rings. The summed E-state index contributed by atoms with van der Waals surface area (Å²) in [5.41, 5.74) is 0.399. The second-order valence-corrected chi connectivity index (χ2v) is 8.15. The van der Waals surface area contributed by atoms with Gasteiger partial charge in [-0.15, -0.1) is 0 Å². The van der Waals surface area contributed by atoms with Crippen LogP contribution in [0, 0.1) is 5.82 Å². The normalized spacial score (nSPS) is 11.6. The Balaban J connectivity index is 1.65. The Morgan fingerprint density at radius 2 is 1.94 bits per heavy atom. The van der Waals surface area contributed by atoms with Gasteiger partial charge in [0.15, 0.2) is 5.82 Å². The highest BCUT2D eigenvalue weighted by Crippen LogP contribution is 2.25. The van der Waals surface area contributed by atoms with Crippen molar-refractivity contribution in [2.24, 2.45) is 0 Å². The SMILES string of the molecule is CC(C)(C)c1cc(NC(=O)Cn2cnc3ccc(F)cc3c2=O)n(-c2ccccn2)n1. The summed E-state index contributed by atoms with van der Waals surface area (Å²) >= 11 is 0. The van der Waals surface area contributed by atoms with Crippen molar-refractivity contribution in [1.29, 1.82) is 0 Å². The minimum Gasteiger partial charge on any atom is -0.309 e. The Bertz CT molecular complexity index is 1320. The lowest BCUT2D eigenvalue weighted by atomic mass is 9.92. The van der Waals surface area contributed by atoms with Crippen LogP contribution in [0.4, 0.5) is 10.2 Å². The molecule has 0 atom stereocenters. The van der Waals surface area contributed by atoms with Gasteiger partial charge in [0.1, 0.15) is 18.2 Å². The number of amides is 1. The number of benzene rings is 1. The van der Waals surface area contributed by atoms with Gasteiger partial charge < -0.3 is 5.32 Å². The van der Waals surface area contributed by atoms with Crippen molar-refractivity contribution < 1.29 is 9.18 Å². The van der Waals surface area contributed by atoms with E-state index in [0.29, 0.717) is 17.2 Å². The van der Waals surface area contributed by atoms with Gasteiger partial charge in [0.25, 0.3) is 5.56 Å². The second-order valence-electron chi connectivity index (χ2n) is 8.15. The number of hydrogen-bond donors (Lipinski definition) is 1. The largest absolute Gasteiger partial charge is 0.309 e. The summed E-state index contributed by atoms with van der Waals surface area (Å²) in [4.78, 5) is 33.8. The summed E-state index contributed by atoms with van der Waals surface area (Å²) in [7, 11) is 0. The fourth-order valence-corrected chi connectivity index (χ4v) is 3.07. The molecule has 158 valence electrons. The number of aromatic nitrogens is 5. The number of carbonyl (C=O) groups is 1. The van der Waals surface area contributed by atoms with Crippen LogP contribution < -0.4 is 10.9 Å². The average molecular weight is 420 g/mol. The van der Waals surface area contributed by atoms with Gasteiger partial charge in [-0.1, -0.05) is 26.8 Å². The first-order valence-electron chi connectivity index (χ1n) is 9.69. The molecule has 4 aromatic rings. The van der Waals surface area contributed by atoms with Gasteiger partial charge in [-0.05, 0) is 30.3 Å². The Morgan fingerprint density at radius 3 is 2.65 bits per heavy atom. The number of fused-ring (bicyclic) bond motifs is 1. The molecule has 31 heavy (non-hydrogen) atoms. The predicted molar refractivity (Wildman–Crippen MR) is 115 cm³/mol. The molecule has 0 bridgehead atoms. The molecular formula is C22H21FN6O2. The van der Waals surface area contributed by atoms with Crippen LogP contribution in [0.5, 0.6) is 0 Å². The number of halogens is 1. The maximum atomic E-state index is 13.5. The van der Waals surface area contributed by atoms with Crippen molar-refractivity contribution >= 4 is 22.6 Å². The summed E-state index contributed by atoms with van der Waals surface area (Å²) in [5, 5.41) is 7.51. The molecule has 0 saturated heterocycles. The van der Waals surface area contributed by atoms with Crippen LogP contribution in [0.2, 0.25) is 0 Å². The molecule has 9 heteroatoms. The van der Waals surface area contributed by atoms with E-state index in [4.69, 9.17) is 0 Å². The molecule has 1 amide bonds. The van der Waals surface area contributed by atoms with Gasteiger partial charge in [0.05, 0.1) is 22.9 Å². The molecule has 8 nitrogen and oxygen atoms in total. The molecule has 0 radical (unpaired) electrons. The van der Waals surface area contributed by atoms with Crippen LogP contribution >= 0.6 is 0 Å². The zero-order valence-electron chi connectivity index (χ0n) is 17.3. The van der Waals surface area contributed by atoms with Crippen LogP contribution in [0.25, 0.3) is 16.7 Å². The molecule has 0 unspecified atom stereocenters. The van der Waals surface area contributed by atoms with Crippen LogP contribution in [-0.4, -0.2) is 30.2 Å². The van der Waals surface area contributed by atoms with Gasteiger partial charge in [0, 0.05) is 17.7 Å².